The predicted molar refractivity (Wildman–Crippen MR) is 52.8 cm³/mol. The third-order valence-electron chi connectivity index (χ3n) is 1.85. The second-order valence-electron chi connectivity index (χ2n) is 3.09. The largest absolute Gasteiger partial charge is 0.417 e. The van der Waals surface area contributed by atoms with Gasteiger partial charge in [0.2, 0.25) is 0 Å². The maximum Gasteiger partial charge on any atom is 0.417 e. The van der Waals surface area contributed by atoms with Gasteiger partial charge in [0.05, 0.1) is 5.56 Å². The summed E-state index contributed by atoms with van der Waals surface area (Å²) >= 11 is 0. The maximum atomic E-state index is 12.3. The number of alkyl halides is 3. The fourth-order valence-corrected chi connectivity index (χ4v) is 1.07. The summed E-state index contributed by atoms with van der Waals surface area (Å²) in [6, 6.07) is 0.771. The molecule has 0 saturated heterocycles. The number of rotatable bonds is 3. The van der Waals surface area contributed by atoms with Crippen molar-refractivity contribution < 1.29 is 18.3 Å². The highest BCUT2D eigenvalue weighted by molar-refractivity contribution is 5.48. The molecule has 0 spiro atoms. The molecule has 0 bridgehead atoms. The van der Waals surface area contributed by atoms with Crippen LogP contribution in [0.3, 0.4) is 0 Å². The number of pyridine rings is 1. The first kappa shape index (κ1) is 12.5. The van der Waals surface area contributed by atoms with Crippen molar-refractivity contribution in [2.24, 2.45) is 0 Å². The van der Waals surface area contributed by atoms with E-state index in [4.69, 9.17) is 5.11 Å². The summed E-state index contributed by atoms with van der Waals surface area (Å²) in [5.41, 5.74) is -1.58. The van der Waals surface area contributed by atoms with E-state index >= 15 is 0 Å². The minimum Gasteiger partial charge on any atom is -0.396 e. The van der Waals surface area contributed by atoms with Gasteiger partial charge in [-0.3, -0.25) is 4.79 Å². The fourth-order valence-electron chi connectivity index (χ4n) is 1.07. The van der Waals surface area contributed by atoms with Gasteiger partial charge in [-0.1, -0.05) is 12.2 Å². The normalized spacial score (nSPS) is 12.2. The number of nitrogens with one attached hydrogen (secondary N) is 1. The van der Waals surface area contributed by atoms with Crippen molar-refractivity contribution in [1.82, 2.24) is 4.98 Å². The van der Waals surface area contributed by atoms with Crippen LogP contribution in [0.25, 0.3) is 6.08 Å². The number of hydrogen-bond donors (Lipinski definition) is 2. The molecule has 0 fully saturated rings. The van der Waals surface area contributed by atoms with E-state index in [1.54, 1.807) is 0 Å². The highest BCUT2D eigenvalue weighted by atomic mass is 19.4. The lowest BCUT2D eigenvalue weighted by atomic mass is 10.2. The molecule has 1 heterocycles. The summed E-state index contributed by atoms with van der Waals surface area (Å²) < 4.78 is 36.9. The van der Waals surface area contributed by atoms with Crippen LogP contribution in [0.4, 0.5) is 13.2 Å². The summed E-state index contributed by atoms with van der Waals surface area (Å²) in [7, 11) is 0. The third-order valence-corrected chi connectivity index (χ3v) is 1.85. The molecule has 0 radical (unpaired) electrons. The van der Waals surface area contributed by atoms with Crippen molar-refractivity contribution in [2.75, 3.05) is 6.61 Å². The van der Waals surface area contributed by atoms with Gasteiger partial charge in [0.25, 0.3) is 5.56 Å². The average Bonchev–Trinajstić information content (AvgIpc) is 2.19. The Morgan fingerprint density at radius 1 is 1.44 bits per heavy atom. The van der Waals surface area contributed by atoms with Crippen molar-refractivity contribution in [2.45, 2.75) is 12.6 Å². The quantitative estimate of drug-likeness (QED) is 0.836. The van der Waals surface area contributed by atoms with Crippen molar-refractivity contribution in [3.8, 4) is 0 Å². The van der Waals surface area contributed by atoms with Gasteiger partial charge in [0, 0.05) is 18.4 Å². The van der Waals surface area contributed by atoms with Gasteiger partial charge in [-0.15, -0.1) is 0 Å². The Morgan fingerprint density at radius 3 is 2.69 bits per heavy atom. The van der Waals surface area contributed by atoms with Crippen LogP contribution < -0.4 is 5.56 Å². The van der Waals surface area contributed by atoms with Gasteiger partial charge in [0.1, 0.15) is 0 Å². The van der Waals surface area contributed by atoms with Crippen LogP contribution in [0.1, 0.15) is 17.5 Å². The standard InChI is InChI=1S/C10H10F3NO2/c11-10(12,13)8-5-7(3-1-2-4-15)9(16)14-6-8/h1,3,5-6,15H,2,4H2,(H,14,16). The molecular weight excluding hydrogens is 223 g/mol. The number of H-pyrrole nitrogens is 1. The van der Waals surface area contributed by atoms with Gasteiger partial charge >= 0.3 is 6.18 Å². The summed E-state index contributed by atoms with van der Waals surface area (Å²) in [4.78, 5) is 13.2. The zero-order valence-corrected chi connectivity index (χ0v) is 8.21. The monoisotopic (exact) mass is 233 g/mol. The average molecular weight is 233 g/mol. The van der Waals surface area contributed by atoms with E-state index in [1.807, 2.05) is 4.98 Å². The van der Waals surface area contributed by atoms with E-state index in [0.29, 0.717) is 6.20 Å². The maximum absolute atomic E-state index is 12.3. The molecule has 0 aliphatic rings. The van der Waals surface area contributed by atoms with Crippen molar-refractivity contribution in [1.29, 1.82) is 0 Å². The molecule has 2 N–H and O–H groups in total. The molecule has 0 aliphatic heterocycles. The van der Waals surface area contributed by atoms with Crippen LogP contribution in [0, 0.1) is 0 Å². The predicted octanol–water partition coefficient (Wildman–Crippen LogP) is 1.79. The Morgan fingerprint density at radius 2 is 2.12 bits per heavy atom. The number of aliphatic hydroxyl groups excluding tert-OH is 1. The molecule has 6 heteroatoms. The highest BCUT2D eigenvalue weighted by Gasteiger charge is 2.31. The molecular formula is C10H10F3NO2. The van der Waals surface area contributed by atoms with Crippen LogP contribution in [0.5, 0.6) is 0 Å². The first-order valence-electron chi connectivity index (χ1n) is 4.52. The van der Waals surface area contributed by atoms with Crippen molar-refractivity contribution in [3.05, 3.63) is 39.8 Å². The third kappa shape index (κ3) is 3.23. The molecule has 1 aromatic heterocycles. The molecule has 1 rings (SSSR count). The van der Waals surface area contributed by atoms with Gasteiger partial charge < -0.3 is 10.1 Å². The molecule has 0 atom stereocenters. The van der Waals surface area contributed by atoms with E-state index in [-0.39, 0.29) is 18.6 Å². The molecule has 1 aromatic rings. The van der Waals surface area contributed by atoms with Gasteiger partial charge in [-0.05, 0) is 12.5 Å². The van der Waals surface area contributed by atoms with Crippen LogP contribution in [-0.2, 0) is 6.18 Å². The lowest BCUT2D eigenvalue weighted by Gasteiger charge is -2.06. The van der Waals surface area contributed by atoms with E-state index in [1.165, 1.54) is 12.2 Å². The minimum absolute atomic E-state index is 0.0803. The Kier molecular flexibility index (Phi) is 3.89. The SMILES string of the molecule is O=c1[nH]cc(C(F)(F)F)cc1C=CCCO. The van der Waals surface area contributed by atoms with Gasteiger partial charge in [-0.2, -0.15) is 13.2 Å². The molecule has 88 valence electrons. The molecule has 0 unspecified atom stereocenters. The number of hydrogen-bond acceptors (Lipinski definition) is 2. The van der Waals surface area contributed by atoms with Crippen LogP contribution in [-0.4, -0.2) is 16.7 Å². The molecule has 0 aliphatic carbocycles. The molecule has 0 aromatic carbocycles. The summed E-state index contributed by atoms with van der Waals surface area (Å²) in [5.74, 6) is 0. The number of halogens is 3. The molecule has 16 heavy (non-hydrogen) atoms. The van der Waals surface area contributed by atoms with Crippen LogP contribution >= 0.6 is 0 Å². The molecule has 0 saturated carbocycles. The van der Waals surface area contributed by atoms with E-state index in [0.717, 1.165) is 6.07 Å². The summed E-state index contributed by atoms with van der Waals surface area (Å²) in [5, 5.41) is 8.48. The molecule has 0 amide bonds. The smallest absolute Gasteiger partial charge is 0.396 e. The van der Waals surface area contributed by atoms with Gasteiger partial charge in [-0.25, -0.2) is 0 Å². The van der Waals surface area contributed by atoms with E-state index < -0.39 is 17.3 Å². The lowest BCUT2D eigenvalue weighted by Crippen LogP contribution is -2.14. The zero-order chi connectivity index (χ0) is 12.2. The number of aromatic nitrogens is 1. The Labute approximate surface area is 89.2 Å². The first-order chi connectivity index (χ1) is 7.45. The Bertz CT molecular complexity index is 434. The van der Waals surface area contributed by atoms with Gasteiger partial charge in [0.15, 0.2) is 0 Å². The number of aromatic amines is 1. The van der Waals surface area contributed by atoms with E-state index in [9.17, 15) is 18.0 Å². The minimum atomic E-state index is -4.48. The summed E-state index contributed by atoms with van der Waals surface area (Å²) in [6.07, 6.45) is -0.875. The topological polar surface area (TPSA) is 53.1 Å². The van der Waals surface area contributed by atoms with Crippen LogP contribution in [0.2, 0.25) is 0 Å². The lowest BCUT2D eigenvalue weighted by molar-refractivity contribution is -0.137. The zero-order valence-electron chi connectivity index (χ0n) is 8.21. The van der Waals surface area contributed by atoms with Crippen molar-refractivity contribution >= 4 is 6.08 Å². The van der Waals surface area contributed by atoms with E-state index in [2.05, 4.69) is 0 Å². The summed E-state index contributed by atoms with van der Waals surface area (Å²) in [6.45, 7) is -0.118. The first-order valence-corrected chi connectivity index (χ1v) is 4.52. The highest BCUT2D eigenvalue weighted by Crippen LogP contribution is 2.28. The second-order valence-corrected chi connectivity index (χ2v) is 3.09. The second kappa shape index (κ2) is 4.98. The van der Waals surface area contributed by atoms with Crippen LogP contribution in [0.15, 0.2) is 23.1 Å². The molecule has 3 nitrogen and oxygen atoms in total. The van der Waals surface area contributed by atoms with Crippen molar-refractivity contribution in [3.63, 3.8) is 0 Å². The Balaban J connectivity index is 3.05. The number of aliphatic hydroxyl groups is 1. The Hall–Kier alpha value is -1.56. The fraction of sp³-hybridized carbons (Fsp3) is 0.300.